The highest BCUT2D eigenvalue weighted by Crippen LogP contribution is 2.32. The SMILES string of the molecule is COc1ccc(Br)c(-c2cnc(CCCN)o2)c1. The van der Waals surface area contributed by atoms with Crippen LogP contribution < -0.4 is 10.5 Å². The van der Waals surface area contributed by atoms with E-state index in [1.807, 2.05) is 18.2 Å². The highest BCUT2D eigenvalue weighted by molar-refractivity contribution is 9.10. The lowest BCUT2D eigenvalue weighted by molar-refractivity contribution is 0.414. The van der Waals surface area contributed by atoms with Crippen LogP contribution in [0, 0.1) is 0 Å². The zero-order valence-electron chi connectivity index (χ0n) is 10.1. The van der Waals surface area contributed by atoms with Crippen LogP contribution >= 0.6 is 15.9 Å². The topological polar surface area (TPSA) is 61.3 Å². The second-order valence-electron chi connectivity index (χ2n) is 3.86. The maximum absolute atomic E-state index is 5.70. The van der Waals surface area contributed by atoms with Crippen LogP contribution in [-0.4, -0.2) is 18.6 Å². The molecule has 0 saturated carbocycles. The first-order valence-corrected chi connectivity index (χ1v) is 6.52. The molecule has 0 fully saturated rings. The first-order valence-electron chi connectivity index (χ1n) is 5.73. The van der Waals surface area contributed by atoms with Gasteiger partial charge in [-0.1, -0.05) is 15.9 Å². The van der Waals surface area contributed by atoms with Gasteiger partial charge in [-0.25, -0.2) is 4.98 Å². The van der Waals surface area contributed by atoms with Gasteiger partial charge in [0.1, 0.15) is 5.75 Å². The van der Waals surface area contributed by atoms with Crippen LogP contribution in [0.1, 0.15) is 12.3 Å². The fourth-order valence-electron chi connectivity index (χ4n) is 1.62. The second-order valence-corrected chi connectivity index (χ2v) is 4.71. The third-order valence-corrected chi connectivity index (χ3v) is 3.28. The van der Waals surface area contributed by atoms with Gasteiger partial charge in [-0.15, -0.1) is 0 Å². The Morgan fingerprint density at radius 1 is 1.44 bits per heavy atom. The highest BCUT2D eigenvalue weighted by Gasteiger charge is 2.10. The van der Waals surface area contributed by atoms with E-state index in [1.54, 1.807) is 13.3 Å². The molecule has 0 spiro atoms. The molecule has 0 saturated heterocycles. The summed E-state index contributed by atoms with van der Waals surface area (Å²) in [7, 11) is 1.64. The highest BCUT2D eigenvalue weighted by atomic mass is 79.9. The van der Waals surface area contributed by atoms with Crippen molar-refractivity contribution < 1.29 is 9.15 Å². The molecule has 0 atom stereocenters. The third kappa shape index (κ3) is 2.91. The van der Waals surface area contributed by atoms with Gasteiger partial charge in [0.05, 0.1) is 13.3 Å². The molecule has 0 aliphatic carbocycles. The number of aromatic nitrogens is 1. The van der Waals surface area contributed by atoms with E-state index in [0.29, 0.717) is 12.4 Å². The summed E-state index contributed by atoms with van der Waals surface area (Å²) in [4.78, 5) is 4.24. The zero-order chi connectivity index (χ0) is 13.0. The molecule has 2 N–H and O–H groups in total. The Balaban J connectivity index is 2.27. The second kappa shape index (κ2) is 6.02. The molecule has 0 amide bonds. The molecule has 5 heteroatoms. The molecular weight excluding hydrogens is 296 g/mol. The van der Waals surface area contributed by atoms with Gasteiger partial charge >= 0.3 is 0 Å². The van der Waals surface area contributed by atoms with E-state index in [0.717, 1.165) is 34.4 Å². The van der Waals surface area contributed by atoms with E-state index in [-0.39, 0.29) is 0 Å². The van der Waals surface area contributed by atoms with Crippen LogP contribution in [0.15, 0.2) is 33.3 Å². The molecule has 0 aliphatic rings. The van der Waals surface area contributed by atoms with E-state index in [2.05, 4.69) is 20.9 Å². The van der Waals surface area contributed by atoms with Gasteiger partial charge in [-0.3, -0.25) is 0 Å². The Labute approximate surface area is 114 Å². The fraction of sp³-hybridized carbons (Fsp3) is 0.308. The fourth-order valence-corrected chi connectivity index (χ4v) is 2.07. The van der Waals surface area contributed by atoms with Crippen LogP contribution in [0.4, 0.5) is 0 Å². The molecule has 1 aromatic heterocycles. The molecule has 2 aromatic rings. The first kappa shape index (κ1) is 13.1. The minimum absolute atomic E-state index is 0.639. The number of benzene rings is 1. The number of aryl methyl sites for hydroxylation is 1. The Bertz CT molecular complexity index is 525. The number of methoxy groups -OCH3 is 1. The summed E-state index contributed by atoms with van der Waals surface area (Å²) in [5, 5.41) is 0. The quantitative estimate of drug-likeness (QED) is 0.922. The number of nitrogens with two attached hydrogens (primary N) is 1. The summed E-state index contributed by atoms with van der Waals surface area (Å²) in [6, 6.07) is 5.73. The van der Waals surface area contributed by atoms with Gasteiger partial charge in [-0.05, 0) is 31.2 Å². The van der Waals surface area contributed by atoms with E-state index in [9.17, 15) is 0 Å². The molecule has 1 heterocycles. The van der Waals surface area contributed by atoms with Crippen molar-refractivity contribution in [1.29, 1.82) is 0 Å². The summed E-state index contributed by atoms with van der Waals surface area (Å²) < 4.78 is 11.9. The Kier molecular flexibility index (Phi) is 4.38. The van der Waals surface area contributed by atoms with Crippen molar-refractivity contribution in [2.75, 3.05) is 13.7 Å². The average molecular weight is 311 g/mol. The van der Waals surface area contributed by atoms with E-state index in [1.165, 1.54) is 0 Å². The number of oxazole rings is 1. The largest absolute Gasteiger partial charge is 0.497 e. The Morgan fingerprint density at radius 2 is 2.28 bits per heavy atom. The van der Waals surface area contributed by atoms with Gasteiger partial charge in [0.15, 0.2) is 11.7 Å². The molecule has 0 radical (unpaired) electrons. The Hall–Kier alpha value is -1.33. The smallest absolute Gasteiger partial charge is 0.194 e. The predicted molar refractivity (Wildman–Crippen MR) is 73.6 cm³/mol. The summed E-state index contributed by atoms with van der Waals surface area (Å²) in [6.45, 7) is 0.639. The summed E-state index contributed by atoms with van der Waals surface area (Å²) >= 11 is 3.49. The van der Waals surface area contributed by atoms with E-state index >= 15 is 0 Å². The molecule has 1 aromatic carbocycles. The zero-order valence-corrected chi connectivity index (χ0v) is 11.7. The number of halogens is 1. The van der Waals surface area contributed by atoms with Crippen molar-refractivity contribution in [3.63, 3.8) is 0 Å². The van der Waals surface area contributed by atoms with Crippen LogP contribution in [0.25, 0.3) is 11.3 Å². The summed E-state index contributed by atoms with van der Waals surface area (Å²) in [5.74, 6) is 2.23. The van der Waals surface area contributed by atoms with Crippen molar-refractivity contribution in [2.45, 2.75) is 12.8 Å². The van der Waals surface area contributed by atoms with Gasteiger partial charge in [0.2, 0.25) is 0 Å². The molecular formula is C13H15BrN2O2. The van der Waals surface area contributed by atoms with Gasteiger partial charge in [0.25, 0.3) is 0 Å². The molecule has 0 bridgehead atoms. The Morgan fingerprint density at radius 3 is 3.00 bits per heavy atom. The van der Waals surface area contributed by atoms with Crippen molar-refractivity contribution in [1.82, 2.24) is 4.98 Å². The third-order valence-electron chi connectivity index (χ3n) is 2.59. The molecule has 0 unspecified atom stereocenters. The van der Waals surface area contributed by atoms with Crippen LogP contribution in [0.2, 0.25) is 0 Å². The summed E-state index contributed by atoms with van der Waals surface area (Å²) in [6.07, 6.45) is 3.36. The van der Waals surface area contributed by atoms with Gasteiger partial charge < -0.3 is 14.9 Å². The lowest BCUT2D eigenvalue weighted by atomic mass is 10.2. The molecule has 4 nitrogen and oxygen atoms in total. The maximum atomic E-state index is 5.70. The van der Waals surface area contributed by atoms with E-state index in [4.69, 9.17) is 14.9 Å². The molecule has 0 aliphatic heterocycles. The van der Waals surface area contributed by atoms with Gasteiger partial charge in [0, 0.05) is 16.5 Å². The first-order chi connectivity index (χ1) is 8.74. The predicted octanol–water partition coefficient (Wildman–Crippen LogP) is 3.00. The number of ether oxygens (including phenoxy) is 1. The number of hydrogen-bond donors (Lipinski definition) is 1. The van der Waals surface area contributed by atoms with Crippen LogP contribution in [-0.2, 0) is 6.42 Å². The minimum atomic E-state index is 0.639. The van der Waals surface area contributed by atoms with Crippen molar-refractivity contribution in [2.24, 2.45) is 5.73 Å². The van der Waals surface area contributed by atoms with Crippen molar-refractivity contribution in [3.8, 4) is 17.1 Å². The lowest BCUT2D eigenvalue weighted by Crippen LogP contribution is -2.00. The minimum Gasteiger partial charge on any atom is -0.497 e. The monoisotopic (exact) mass is 310 g/mol. The van der Waals surface area contributed by atoms with Crippen LogP contribution in [0.5, 0.6) is 5.75 Å². The average Bonchev–Trinajstić information content (AvgIpc) is 2.85. The lowest BCUT2D eigenvalue weighted by Gasteiger charge is -2.04. The normalized spacial score (nSPS) is 10.6. The molecule has 18 heavy (non-hydrogen) atoms. The maximum Gasteiger partial charge on any atom is 0.194 e. The summed E-state index contributed by atoms with van der Waals surface area (Å²) in [5.41, 5.74) is 6.39. The molecule has 2 rings (SSSR count). The van der Waals surface area contributed by atoms with Gasteiger partial charge in [-0.2, -0.15) is 0 Å². The van der Waals surface area contributed by atoms with Crippen molar-refractivity contribution in [3.05, 3.63) is 34.8 Å². The standard InChI is InChI=1S/C13H15BrN2O2/c1-17-9-4-5-11(14)10(7-9)12-8-16-13(18-12)3-2-6-15/h4-5,7-8H,2-3,6,15H2,1H3. The van der Waals surface area contributed by atoms with Crippen LogP contribution in [0.3, 0.4) is 0 Å². The molecule has 96 valence electrons. The van der Waals surface area contributed by atoms with Crippen molar-refractivity contribution >= 4 is 15.9 Å². The number of rotatable bonds is 5. The number of nitrogens with zero attached hydrogens (tertiary/aromatic N) is 1. The number of hydrogen-bond acceptors (Lipinski definition) is 4. The van der Waals surface area contributed by atoms with E-state index < -0.39 is 0 Å².